The van der Waals surface area contributed by atoms with Gasteiger partial charge >= 0.3 is 0 Å². The molecule has 0 radical (unpaired) electrons. The Balaban J connectivity index is 1.46. The molecule has 3 aromatic heterocycles. The highest BCUT2D eigenvalue weighted by atomic mass is 35.5. The van der Waals surface area contributed by atoms with Crippen LogP contribution in [0.25, 0.3) is 54.1 Å². The van der Waals surface area contributed by atoms with Crippen molar-refractivity contribution in [3.63, 3.8) is 0 Å². The Morgan fingerprint density at radius 3 is 2.49 bits per heavy atom. The molecular formula is C29H23ClN4S. The van der Waals surface area contributed by atoms with Crippen LogP contribution in [-0.4, -0.2) is 19.7 Å². The number of aromatic nitrogens is 4. The summed E-state index contributed by atoms with van der Waals surface area (Å²) >= 11 is 7.88. The van der Waals surface area contributed by atoms with E-state index in [1.54, 1.807) is 11.3 Å². The molecule has 0 saturated heterocycles. The molecule has 0 unspecified atom stereocenters. The van der Waals surface area contributed by atoms with Crippen molar-refractivity contribution in [3.05, 3.63) is 89.2 Å². The van der Waals surface area contributed by atoms with E-state index in [4.69, 9.17) is 16.6 Å². The summed E-state index contributed by atoms with van der Waals surface area (Å²) in [6.45, 7) is 7.28. The van der Waals surface area contributed by atoms with Crippen molar-refractivity contribution < 1.29 is 0 Å². The summed E-state index contributed by atoms with van der Waals surface area (Å²) in [5.74, 6) is 0. The van der Waals surface area contributed by atoms with Crippen molar-refractivity contribution in [2.75, 3.05) is 0 Å². The zero-order chi connectivity index (χ0) is 24.1. The third-order valence-corrected chi connectivity index (χ3v) is 7.90. The zero-order valence-corrected chi connectivity index (χ0v) is 21.3. The molecule has 6 heteroatoms. The molecule has 4 nitrogen and oxygen atoms in total. The van der Waals surface area contributed by atoms with Crippen molar-refractivity contribution in [1.29, 1.82) is 0 Å². The van der Waals surface area contributed by atoms with Crippen molar-refractivity contribution in [3.8, 4) is 33.0 Å². The van der Waals surface area contributed by atoms with Crippen molar-refractivity contribution >= 4 is 44.1 Å². The van der Waals surface area contributed by atoms with Crippen molar-refractivity contribution in [2.24, 2.45) is 0 Å². The Hall–Kier alpha value is -3.54. The van der Waals surface area contributed by atoms with Gasteiger partial charge in [0.25, 0.3) is 0 Å². The second-order valence-corrected chi connectivity index (χ2v) is 10.2. The van der Waals surface area contributed by atoms with Crippen LogP contribution in [0.5, 0.6) is 0 Å². The molecular weight excluding hydrogens is 472 g/mol. The molecule has 0 amide bonds. The molecule has 0 fully saturated rings. The van der Waals surface area contributed by atoms with Crippen LogP contribution in [0.3, 0.4) is 0 Å². The lowest BCUT2D eigenvalue weighted by Gasteiger charge is -2.10. The number of hydrogen-bond acceptors (Lipinski definition) is 4. The maximum absolute atomic E-state index is 6.16. The number of benzene rings is 3. The van der Waals surface area contributed by atoms with E-state index >= 15 is 0 Å². The highest BCUT2D eigenvalue weighted by Crippen LogP contribution is 2.40. The molecule has 3 aromatic carbocycles. The Morgan fingerprint density at radius 1 is 0.886 bits per heavy atom. The summed E-state index contributed by atoms with van der Waals surface area (Å²) < 4.78 is 3.15. The molecule has 0 N–H and O–H groups in total. The predicted octanol–water partition coefficient (Wildman–Crippen LogP) is 8.33. The summed E-state index contributed by atoms with van der Waals surface area (Å²) in [7, 11) is 0. The maximum Gasteiger partial charge on any atom is 0.124 e. The van der Waals surface area contributed by atoms with Gasteiger partial charge in [-0.3, -0.25) is 9.67 Å². The number of hydrogen-bond donors (Lipinski definition) is 0. The normalized spacial score (nSPS) is 11.5. The van der Waals surface area contributed by atoms with E-state index in [0.717, 1.165) is 55.4 Å². The molecule has 0 atom stereocenters. The average molecular weight is 495 g/mol. The summed E-state index contributed by atoms with van der Waals surface area (Å²) in [5, 5.41) is 7.44. The van der Waals surface area contributed by atoms with Gasteiger partial charge in [-0.2, -0.15) is 5.10 Å². The van der Waals surface area contributed by atoms with Crippen LogP contribution in [0.15, 0.2) is 73.1 Å². The summed E-state index contributed by atoms with van der Waals surface area (Å²) in [4.78, 5) is 9.70. The highest BCUT2D eigenvalue weighted by molar-refractivity contribution is 7.22. The summed E-state index contributed by atoms with van der Waals surface area (Å²) in [6.07, 6.45) is 3.95. The minimum Gasteiger partial charge on any atom is -0.272 e. The Kier molecular flexibility index (Phi) is 5.39. The van der Waals surface area contributed by atoms with Crippen LogP contribution in [0, 0.1) is 13.8 Å². The fourth-order valence-corrected chi connectivity index (χ4v) is 5.79. The first kappa shape index (κ1) is 22.0. The molecule has 6 aromatic rings. The second kappa shape index (κ2) is 8.59. The molecule has 3 heterocycles. The lowest BCUT2D eigenvalue weighted by molar-refractivity contribution is 0.668. The van der Waals surface area contributed by atoms with Gasteiger partial charge in [0.05, 0.1) is 21.4 Å². The standard InChI is InChI=1S/C29H23ClN4S/c1-4-34-16-22-14-20(7-10-24(22)33-34)25-15-21(11-12-31-25)29-32-26-13-17(2)18(3)27(28(26)35-29)19-5-8-23(30)9-6-19/h5-16H,4H2,1-3H3. The van der Waals surface area contributed by atoms with Crippen LogP contribution in [0.1, 0.15) is 18.1 Å². The average Bonchev–Trinajstić information content (AvgIpc) is 3.49. The van der Waals surface area contributed by atoms with Crippen LogP contribution >= 0.6 is 22.9 Å². The van der Waals surface area contributed by atoms with Crippen LogP contribution in [-0.2, 0) is 6.54 Å². The lowest BCUT2D eigenvalue weighted by atomic mass is 9.96. The van der Waals surface area contributed by atoms with E-state index in [9.17, 15) is 0 Å². The van der Waals surface area contributed by atoms with Gasteiger partial charge in [-0.05, 0) is 79.9 Å². The SMILES string of the molecule is CCn1cc2cc(-c3cc(-c4nc5cc(C)c(C)c(-c6ccc(Cl)cc6)c5s4)ccn3)ccc2n1. The molecule has 0 aliphatic carbocycles. The molecule has 35 heavy (non-hydrogen) atoms. The largest absolute Gasteiger partial charge is 0.272 e. The van der Waals surface area contributed by atoms with E-state index in [1.807, 2.05) is 29.1 Å². The topological polar surface area (TPSA) is 43.6 Å². The van der Waals surface area contributed by atoms with E-state index in [1.165, 1.54) is 21.4 Å². The van der Waals surface area contributed by atoms with Gasteiger partial charge in [0, 0.05) is 46.0 Å². The third kappa shape index (κ3) is 3.91. The molecule has 0 saturated carbocycles. The Labute approximate surface area is 212 Å². The van der Waals surface area contributed by atoms with Crippen molar-refractivity contribution in [2.45, 2.75) is 27.3 Å². The number of fused-ring (bicyclic) bond motifs is 2. The number of thiazole rings is 1. The fourth-order valence-electron chi connectivity index (χ4n) is 4.50. The van der Waals surface area contributed by atoms with Gasteiger partial charge in [0.2, 0.25) is 0 Å². The maximum atomic E-state index is 6.16. The minimum atomic E-state index is 0.741. The molecule has 172 valence electrons. The number of rotatable bonds is 4. The monoisotopic (exact) mass is 494 g/mol. The van der Waals surface area contributed by atoms with Crippen LogP contribution in [0.4, 0.5) is 0 Å². The quantitative estimate of drug-likeness (QED) is 0.247. The van der Waals surface area contributed by atoms with E-state index in [-0.39, 0.29) is 0 Å². The molecule has 0 aliphatic heterocycles. The Bertz CT molecular complexity index is 1710. The van der Waals surface area contributed by atoms with E-state index in [2.05, 4.69) is 79.5 Å². The van der Waals surface area contributed by atoms with Crippen molar-refractivity contribution in [1.82, 2.24) is 19.7 Å². The first-order chi connectivity index (χ1) is 17.0. The molecule has 6 rings (SSSR count). The van der Waals surface area contributed by atoms with Gasteiger partial charge in [-0.1, -0.05) is 29.8 Å². The van der Waals surface area contributed by atoms with Gasteiger partial charge < -0.3 is 0 Å². The van der Waals surface area contributed by atoms with Gasteiger partial charge in [0.1, 0.15) is 5.01 Å². The zero-order valence-electron chi connectivity index (χ0n) is 19.7. The third-order valence-electron chi connectivity index (χ3n) is 6.51. The second-order valence-electron chi connectivity index (χ2n) is 8.76. The van der Waals surface area contributed by atoms with Crippen LogP contribution in [0.2, 0.25) is 5.02 Å². The van der Waals surface area contributed by atoms with E-state index < -0.39 is 0 Å². The smallest absolute Gasteiger partial charge is 0.124 e. The van der Waals surface area contributed by atoms with Gasteiger partial charge in [0.15, 0.2) is 0 Å². The fraction of sp³-hybridized carbons (Fsp3) is 0.138. The Morgan fingerprint density at radius 2 is 1.69 bits per heavy atom. The summed E-state index contributed by atoms with van der Waals surface area (Å²) in [5.41, 5.74) is 9.98. The number of pyridine rings is 1. The number of halogens is 1. The summed E-state index contributed by atoms with van der Waals surface area (Å²) in [6, 6.07) is 20.7. The minimum absolute atomic E-state index is 0.741. The lowest BCUT2D eigenvalue weighted by Crippen LogP contribution is -1.92. The highest BCUT2D eigenvalue weighted by Gasteiger charge is 2.16. The van der Waals surface area contributed by atoms with Gasteiger partial charge in [-0.15, -0.1) is 11.3 Å². The molecule has 0 spiro atoms. The number of nitrogens with zero attached hydrogens (tertiary/aromatic N) is 4. The predicted molar refractivity (Wildman–Crippen MR) is 147 cm³/mol. The number of aryl methyl sites for hydroxylation is 2. The van der Waals surface area contributed by atoms with E-state index in [0.29, 0.717) is 0 Å². The first-order valence-corrected chi connectivity index (χ1v) is 12.8. The molecule has 0 bridgehead atoms. The van der Waals surface area contributed by atoms with Crippen LogP contribution < -0.4 is 0 Å². The first-order valence-electron chi connectivity index (χ1n) is 11.6. The molecule has 0 aliphatic rings. The van der Waals surface area contributed by atoms with Gasteiger partial charge in [-0.25, -0.2) is 4.98 Å².